The summed E-state index contributed by atoms with van der Waals surface area (Å²) in [5, 5.41) is 3.39. The first kappa shape index (κ1) is 10.5. The lowest BCUT2D eigenvalue weighted by molar-refractivity contribution is -0.127. The molecule has 3 nitrogen and oxygen atoms in total. The highest BCUT2D eigenvalue weighted by Crippen LogP contribution is 2.18. The zero-order valence-electron chi connectivity index (χ0n) is 8.06. The van der Waals surface area contributed by atoms with Crippen LogP contribution in [0.25, 0.3) is 0 Å². The van der Waals surface area contributed by atoms with Crippen LogP contribution >= 0.6 is 11.6 Å². The molecule has 0 radical (unpaired) electrons. The number of hydrogen-bond acceptors (Lipinski definition) is 2. The van der Waals surface area contributed by atoms with Gasteiger partial charge in [0.15, 0.2) is 0 Å². The highest BCUT2D eigenvalue weighted by molar-refractivity contribution is 6.29. The van der Waals surface area contributed by atoms with Crippen molar-refractivity contribution >= 4 is 17.5 Å². The van der Waals surface area contributed by atoms with Crippen LogP contribution < -0.4 is 5.32 Å². The maximum absolute atomic E-state index is 11.1. The van der Waals surface area contributed by atoms with Gasteiger partial charge in [-0.25, -0.2) is 0 Å². The van der Waals surface area contributed by atoms with E-state index in [0.717, 1.165) is 0 Å². The van der Waals surface area contributed by atoms with Crippen LogP contribution in [0.15, 0.2) is 11.6 Å². The van der Waals surface area contributed by atoms with E-state index in [1.165, 1.54) is 0 Å². The lowest BCUT2D eigenvalue weighted by Gasteiger charge is -2.41. The molecule has 0 spiro atoms. The molecule has 0 aromatic heterocycles. The molecule has 1 N–H and O–H groups in total. The van der Waals surface area contributed by atoms with Gasteiger partial charge in [-0.3, -0.25) is 9.69 Å². The predicted octanol–water partition coefficient (Wildman–Crippen LogP) is 0.949. The molecule has 0 unspecified atom stereocenters. The fourth-order valence-corrected chi connectivity index (χ4v) is 1.49. The minimum Gasteiger partial charge on any atom is -0.353 e. The Kier molecular flexibility index (Phi) is 2.98. The molecule has 1 fully saturated rings. The van der Waals surface area contributed by atoms with Gasteiger partial charge in [0.25, 0.3) is 0 Å². The monoisotopic (exact) mass is 202 g/mol. The summed E-state index contributed by atoms with van der Waals surface area (Å²) in [5.74, 6) is 0.0530. The van der Waals surface area contributed by atoms with Crippen LogP contribution in [0.2, 0.25) is 0 Å². The highest BCUT2D eigenvalue weighted by Gasteiger charge is 2.32. The SMILES string of the molecule is C=C(Cl)CN1CC(=O)NCC1(C)C. The average Bonchev–Trinajstić information content (AvgIpc) is 1.97. The van der Waals surface area contributed by atoms with Crippen molar-refractivity contribution < 1.29 is 4.79 Å². The predicted molar refractivity (Wildman–Crippen MR) is 53.7 cm³/mol. The molecule has 1 aliphatic heterocycles. The Balaban J connectivity index is 2.66. The third-order valence-corrected chi connectivity index (χ3v) is 2.39. The van der Waals surface area contributed by atoms with Gasteiger partial charge in [-0.15, -0.1) is 0 Å². The normalized spacial score (nSPS) is 22.5. The average molecular weight is 203 g/mol. The Morgan fingerprint density at radius 1 is 1.77 bits per heavy atom. The molecule has 0 aromatic rings. The molecule has 1 heterocycles. The summed E-state index contributed by atoms with van der Waals surface area (Å²) in [6.07, 6.45) is 0. The Labute approximate surface area is 83.7 Å². The van der Waals surface area contributed by atoms with Crippen molar-refractivity contribution in [1.82, 2.24) is 10.2 Å². The van der Waals surface area contributed by atoms with Crippen molar-refractivity contribution in [3.63, 3.8) is 0 Å². The molecule has 74 valence electrons. The summed E-state index contributed by atoms with van der Waals surface area (Å²) in [6, 6.07) is 0. The molecule has 1 saturated heterocycles. The number of nitrogens with zero attached hydrogens (tertiary/aromatic N) is 1. The maximum Gasteiger partial charge on any atom is 0.234 e. The van der Waals surface area contributed by atoms with Gasteiger partial charge in [0.1, 0.15) is 0 Å². The molecule has 13 heavy (non-hydrogen) atoms. The van der Waals surface area contributed by atoms with Crippen molar-refractivity contribution in [1.29, 1.82) is 0 Å². The van der Waals surface area contributed by atoms with Gasteiger partial charge in [-0.05, 0) is 13.8 Å². The van der Waals surface area contributed by atoms with E-state index in [0.29, 0.717) is 24.7 Å². The number of piperazine rings is 1. The second-order valence-corrected chi connectivity index (χ2v) is 4.50. The van der Waals surface area contributed by atoms with Crippen LogP contribution in [-0.4, -0.2) is 36.0 Å². The molecule has 1 amide bonds. The first-order valence-electron chi connectivity index (χ1n) is 4.27. The molecule has 0 saturated carbocycles. The largest absolute Gasteiger partial charge is 0.353 e. The van der Waals surface area contributed by atoms with Crippen LogP contribution in [0.5, 0.6) is 0 Å². The van der Waals surface area contributed by atoms with Gasteiger partial charge in [-0.2, -0.15) is 0 Å². The third-order valence-electron chi connectivity index (χ3n) is 2.27. The second-order valence-electron chi connectivity index (χ2n) is 3.96. The first-order chi connectivity index (χ1) is 5.92. The number of nitrogens with one attached hydrogen (secondary N) is 1. The van der Waals surface area contributed by atoms with Crippen molar-refractivity contribution in [2.45, 2.75) is 19.4 Å². The van der Waals surface area contributed by atoms with E-state index in [4.69, 9.17) is 11.6 Å². The van der Waals surface area contributed by atoms with E-state index in [1.54, 1.807) is 0 Å². The third kappa shape index (κ3) is 2.71. The van der Waals surface area contributed by atoms with Crippen molar-refractivity contribution in [3.8, 4) is 0 Å². The summed E-state index contributed by atoms with van der Waals surface area (Å²) < 4.78 is 0. The lowest BCUT2D eigenvalue weighted by atomic mass is 10.0. The fraction of sp³-hybridized carbons (Fsp3) is 0.667. The van der Waals surface area contributed by atoms with Gasteiger partial charge in [-0.1, -0.05) is 18.2 Å². The second kappa shape index (κ2) is 3.68. The first-order valence-corrected chi connectivity index (χ1v) is 4.64. The molecular weight excluding hydrogens is 188 g/mol. The summed E-state index contributed by atoms with van der Waals surface area (Å²) in [5.41, 5.74) is -0.0360. The Morgan fingerprint density at radius 2 is 2.38 bits per heavy atom. The van der Waals surface area contributed by atoms with E-state index >= 15 is 0 Å². The van der Waals surface area contributed by atoms with Gasteiger partial charge in [0.05, 0.1) is 6.54 Å². The van der Waals surface area contributed by atoms with Gasteiger partial charge in [0, 0.05) is 23.7 Å². The topological polar surface area (TPSA) is 32.3 Å². The lowest BCUT2D eigenvalue weighted by Crippen LogP contribution is -2.60. The van der Waals surface area contributed by atoms with Gasteiger partial charge >= 0.3 is 0 Å². The Hall–Kier alpha value is -0.540. The zero-order valence-corrected chi connectivity index (χ0v) is 8.82. The molecule has 0 bridgehead atoms. The number of carbonyl (C=O) groups excluding carboxylic acids is 1. The minimum atomic E-state index is -0.0360. The van der Waals surface area contributed by atoms with Crippen LogP contribution in [0.1, 0.15) is 13.8 Å². The van der Waals surface area contributed by atoms with E-state index in [1.807, 2.05) is 4.90 Å². The molecule has 1 aliphatic rings. The number of hydrogen-bond donors (Lipinski definition) is 1. The highest BCUT2D eigenvalue weighted by atomic mass is 35.5. The summed E-state index contributed by atoms with van der Waals surface area (Å²) in [6.45, 7) is 9.42. The van der Waals surface area contributed by atoms with Gasteiger partial charge < -0.3 is 5.32 Å². The summed E-state index contributed by atoms with van der Waals surface area (Å²) in [4.78, 5) is 13.1. The van der Waals surface area contributed by atoms with Crippen molar-refractivity contribution in [2.75, 3.05) is 19.6 Å². The summed E-state index contributed by atoms with van der Waals surface area (Å²) in [7, 11) is 0. The van der Waals surface area contributed by atoms with E-state index in [9.17, 15) is 4.79 Å². The van der Waals surface area contributed by atoms with Crippen LogP contribution in [0.4, 0.5) is 0 Å². The van der Waals surface area contributed by atoms with Crippen LogP contribution in [0, 0.1) is 0 Å². The van der Waals surface area contributed by atoms with E-state index in [-0.39, 0.29) is 11.4 Å². The number of rotatable bonds is 2. The Morgan fingerprint density at radius 3 is 2.92 bits per heavy atom. The molecular formula is C9H15ClN2O. The number of amides is 1. The smallest absolute Gasteiger partial charge is 0.234 e. The number of carbonyl (C=O) groups is 1. The molecule has 1 rings (SSSR count). The van der Waals surface area contributed by atoms with Crippen molar-refractivity contribution in [3.05, 3.63) is 11.6 Å². The van der Waals surface area contributed by atoms with Crippen LogP contribution in [-0.2, 0) is 4.79 Å². The van der Waals surface area contributed by atoms with Crippen molar-refractivity contribution in [2.24, 2.45) is 0 Å². The standard InChI is InChI=1S/C9H15ClN2O/c1-7(10)4-12-5-8(13)11-6-9(12,2)3/h1,4-6H2,2-3H3,(H,11,13). The molecule has 0 atom stereocenters. The quantitative estimate of drug-likeness (QED) is 0.723. The zero-order chi connectivity index (χ0) is 10.1. The molecule has 0 aliphatic carbocycles. The molecule has 4 heteroatoms. The van der Waals surface area contributed by atoms with E-state index < -0.39 is 0 Å². The minimum absolute atomic E-state index is 0.0360. The number of halogens is 1. The van der Waals surface area contributed by atoms with Gasteiger partial charge in [0.2, 0.25) is 5.91 Å². The maximum atomic E-state index is 11.1. The fourth-order valence-electron chi connectivity index (χ4n) is 1.35. The molecule has 0 aromatic carbocycles. The van der Waals surface area contributed by atoms with Crippen LogP contribution in [0.3, 0.4) is 0 Å². The van der Waals surface area contributed by atoms with E-state index in [2.05, 4.69) is 25.7 Å². The summed E-state index contributed by atoms with van der Waals surface area (Å²) >= 11 is 5.72. The Bertz CT molecular complexity index is 236.